The zero-order chi connectivity index (χ0) is 10.4. The topological polar surface area (TPSA) is 33.6 Å². The highest BCUT2D eigenvalue weighted by Crippen LogP contribution is 2.23. The SMILES string of the molecule is C=NC(=CC(=C)OC)C1CCNCC1. The fourth-order valence-electron chi connectivity index (χ4n) is 1.63. The summed E-state index contributed by atoms with van der Waals surface area (Å²) in [5.74, 6) is 1.14. The van der Waals surface area contributed by atoms with Gasteiger partial charge in [-0.3, -0.25) is 4.99 Å². The second kappa shape index (κ2) is 5.60. The first kappa shape index (κ1) is 11.0. The Morgan fingerprint density at radius 2 is 2.14 bits per heavy atom. The Hall–Kier alpha value is -1.09. The molecule has 3 nitrogen and oxygen atoms in total. The predicted molar refractivity (Wildman–Crippen MR) is 59.4 cm³/mol. The fourth-order valence-corrected chi connectivity index (χ4v) is 1.63. The first-order valence-corrected chi connectivity index (χ1v) is 4.90. The molecule has 14 heavy (non-hydrogen) atoms. The lowest BCUT2D eigenvalue weighted by molar-refractivity contribution is 0.306. The number of methoxy groups -OCH3 is 1. The number of piperidine rings is 1. The van der Waals surface area contributed by atoms with Gasteiger partial charge < -0.3 is 10.1 Å². The number of nitrogens with zero attached hydrogens (tertiary/aromatic N) is 1. The first-order valence-electron chi connectivity index (χ1n) is 4.90. The van der Waals surface area contributed by atoms with E-state index in [4.69, 9.17) is 4.74 Å². The van der Waals surface area contributed by atoms with Crippen LogP contribution < -0.4 is 5.32 Å². The highest BCUT2D eigenvalue weighted by atomic mass is 16.5. The van der Waals surface area contributed by atoms with E-state index in [2.05, 4.69) is 23.6 Å². The van der Waals surface area contributed by atoms with Crippen LogP contribution in [0, 0.1) is 5.92 Å². The van der Waals surface area contributed by atoms with Crippen LogP contribution in [-0.2, 0) is 4.74 Å². The lowest BCUT2D eigenvalue weighted by Gasteiger charge is -2.22. The third kappa shape index (κ3) is 3.00. The highest BCUT2D eigenvalue weighted by molar-refractivity contribution is 5.32. The number of allylic oxidation sites excluding steroid dienone is 2. The summed E-state index contributed by atoms with van der Waals surface area (Å²) in [7, 11) is 1.61. The quantitative estimate of drug-likeness (QED) is 0.420. The van der Waals surface area contributed by atoms with Crippen molar-refractivity contribution in [3.05, 3.63) is 24.1 Å². The van der Waals surface area contributed by atoms with Crippen molar-refractivity contribution in [2.24, 2.45) is 10.9 Å². The summed E-state index contributed by atoms with van der Waals surface area (Å²) in [6, 6.07) is 0. The van der Waals surface area contributed by atoms with Crippen molar-refractivity contribution in [2.75, 3.05) is 20.2 Å². The molecule has 0 unspecified atom stereocenters. The van der Waals surface area contributed by atoms with E-state index in [-0.39, 0.29) is 0 Å². The molecule has 1 rings (SSSR count). The molecule has 0 atom stereocenters. The summed E-state index contributed by atoms with van der Waals surface area (Å²) in [6.45, 7) is 9.45. The van der Waals surface area contributed by atoms with Crippen molar-refractivity contribution in [2.45, 2.75) is 12.8 Å². The van der Waals surface area contributed by atoms with E-state index in [1.54, 1.807) is 7.11 Å². The van der Waals surface area contributed by atoms with Gasteiger partial charge in [-0.25, -0.2) is 0 Å². The van der Waals surface area contributed by atoms with Gasteiger partial charge in [0.05, 0.1) is 7.11 Å². The van der Waals surface area contributed by atoms with Crippen LogP contribution >= 0.6 is 0 Å². The normalized spacial score (nSPS) is 19.1. The van der Waals surface area contributed by atoms with Crippen molar-refractivity contribution >= 4 is 6.72 Å². The van der Waals surface area contributed by atoms with Crippen LogP contribution in [0.1, 0.15) is 12.8 Å². The molecule has 78 valence electrons. The highest BCUT2D eigenvalue weighted by Gasteiger charge is 2.16. The second-order valence-electron chi connectivity index (χ2n) is 3.42. The molecule has 0 aromatic heterocycles. The molecule has 1 fully saturated rings. The van der Waals surface area contributed by atoms with Gasteiger partial charge in [0.15, 0.2) is 0 Å². The minimum absolute atomic E-state index is 0.501. The van der Waals surface area contributed by atoms with Gasteiger partial charge in [-0.1, -0.05) is 6.58 Å². The molecule has 0 spiro atoms. The van der Waals surface area contributed by atoms with Gasteiger partial charge >= 0.3 is 0 Å². The average Bonchev–Trinajstić information content (AvgIpc) is 2.26. The van der Waals surface area contributed by atoms with Crippen molar-refractivity contribution in [3.63, 3.8) is 0 Å². The van der Waals surface area contributed by atoms with E-state index < -0.39 is 0 Å². The number of rotatable bonds is 4. The molecule has 3 heteroatoms. The molecular formula is C11H18N2O. The Bertz CT molecular complexity index is 240. The van der Waals surface area contributed by atoms with Crippen molar-refractivity contribution < 1.29 is 4.74 Å². The molecule has 1 heterocycles. The average molecular weight is 194 g/mol. The smallest absolute Gasteiger partial charge is 0.113 e. The monoisotopic (exact) mass is 194 g/mol. The molecule has 1 aliphatic rings. The van der Waals surface area contributed by atoms with Crippen LogP contribution in [0.4, 0.5) is 0 Å². The van der Waals surface area contributed by atoms with Gasteiger partial charge in [-0.2, -0.15) is 0 Å². The van der Waals surface area contributed by atoms with Gasteiger partial charge in [0.1, 0.15) is 5.76 Å². The van der Waals surface area contributed by atoms with Crippen LogP contribution in [0.25, 0.3) is 0 Å². The zero-order valence-corrected chi connectivity index (χ0v) is 8.75. The molecular weight excluding hydrogens is 176 g/mol. The molecule has 0 saturated carbocycles. The molecule has 0 aliphatic carbocycles. The maximum absolute atomic E-state index is 5.00. The van der Waals surface area contributed by atoms with E-state index in [1.807, 2.05) is 6.08 Å². The molecule has 0 bridgehead atoms. The number of ether oxygens (including phenoxy) is 1. The van der Waals surface area contributed by atoms with Crippen molar-refractivity contribution in [1.82, 2.24) is 5.32 Å². The minimum Gasteiger partial charge on any atom is -0.497 e. The number of aliphatic imine (C=N–C) groups is 1. The van der Waals surface area contributed by atoms with Gasteiger partial charge in [0.2, 0.25) is 0 Å². The minimum atomic E-state index is 0.501. The van der Waals surface area contributed by atoms with Crippen molar-refractivity contribution in [3.8, 4) is 0 Å². The molecule has 0 radical (unpaired) electrons. The number of nitrogens with one attached hydrogen (secondary N) is 1. The Kier molecular flexibility index (Phi) is 4.40. The second-order valence-corrected chi connectivity index (χ2v) is 3.42. The summed E-state index contributed by atoms with van der Waals surface area (Å²) >= 11 is 0. The van der Waals surface area contributed by atoms with E-state index in [0.29, 0.717) is 11.7 Å². The summed E-state index contributed by atoms with van der Waals surface area (Å²) in [4.78, 5) is 4.04. The number of hydrogen-bond acceptors (Lipinski definition) is 3. The Morgan fingerprint density at radius 1 is 1.50 bits per heavy atom. The van der Waals surface area contributed by atoms with Gasteiger partial charge in [0.25, 0.3) is 0 Å². The molecule has 1 N–H and O–H groups in total. The Balaban J connectivity index is 2.64. The van der Waals surface area contributed by atoms with Gasteiger partial charge in [-0.05, 0) is 32.6 Å². The van der Waals surface area contributed by atoms with Crippen LogP contribution in [0.5, 0.6) is 0 Å². The number of hydrogen-bond donors (Lipinski definition) is 1. The molecule has 0 aromatic rings. The first-order chi connectivity index (χ1) is 6.77. The maximum atomic E-state index is 5.00. The van der Waals surface area contributed by atoms with Crippen LogP contribution in [0.3, 0.4) is 0 Å². The largest absolute Gasteiger partial charge is 0.497 e. The lowest BCUT2D eigenvalue weighted by atomic mass is 9.94. The summed E-state index contributed by atoms with van der Waals surface area (Å²) in [5.41, 5.74) is 0.998. The van der Waals surface area contributed by atoms with Crippen LogP contribution in [0.15, 0.2) is 29.1 Å². The summed E-state index contributed by atoms with van der Waals surface area (Å²) in [6.07, 6.45) is 4.10. The third-order valence-electron chi connectivity index (χ3n) is 2.51. The van der Waals surface area contributed by atoms with Crippen molar-refractivity contribution in [1.29, 1.82) is 0 Å². The maximum Gasteiger partial charge on any atom is 0.113 e. The Morgan fingerprint density at radius 3 is 2.64 bits per heavy atom. The third-order valence-corrected chi connectivity index (χ3v) is 2.51. The summed E-state index contributed by atoms with van der Waals surface area (Å²) in [5, 5.41) is 3.32. The fraction of sp³-hybridized carbons (Fsp3) is 0.545. The lowest BCUT2D eigenvalue weighted by Crippen LogP contribution is -2.28. The predicted octanol–water partition coefficient (Wildman–Crippen LogP) is 1.73. The van der Waals surface area contributed by atoms with Gasteiger partial charge in [-0.15, -0.1) is 0 Å². The van der Waals surface area contributed by atoms with E-state index in [9.17, 15) is 0 Å². The van der Waals surface area contributed by atoms with E-state index >= 15 is 0 Å². The summed E-state index contributed by atoms with van der Waals surface area (Å²) < 4.78 is 5.00. The molecule has 0 amide bonds. The zero-order valence-electron chi connectivity index (χ0n) is 8.75. The molecule has 0 aromatic carbocycles. The molecule has 1 saturated heterocycles. The Labute approximate surface area is 85.6 Å². The molecule has 1 aliphatic heterocycles. The van der Waals surface area contributed by atoms with Gasteiger partial charge in [0, 0.05) is 17.7 Å². The van der Waals surface area contributed by atoms with E-state index in [1.165, 1.54) is 0 Å². The van der Waals surface area contributed by atoms with Crippen LogP contribution in [-0.4, -0.2) is 26.9 Å². The standard InChI is InChI=1S/C11H18N2O/c1-9(14-3)8-11(12-2)10-4-6-13-7-5-10/h8,10,13H,1-2,4-7H2,3H3. The van der Waals surface area contributed by atoms with Crippen LogP contribution in [0.2, 0.25) is 0 Å². The van der Waals surface area contributed by atoms with E-state index in [0.717, 1.165) is 31.6 Å².